The molecule has 0 amide bonds. The lowest BCUT2D eigenvalue weighted by atomic mass is 9.45. The van der Waals surface area contributed by atoms with Crippen LogP contribution in [0.2, 0.25) is 0 Å². The van der Waals surface area contributed by atoms with E-state index >= 15 is 0 Å². The summed E-state index contributed by atoms with van der Waals surface area (Å²) in [5.41, 5.74) is 2.66. The largest absolute Gasteiger partial charge is 0.375 e. The van der Waals surface area contributed by atoms with Crippen molar-refractivity contribution in [3.63, 3.8) is 0 Å². The highest BCUT2D eigenvalue weighted by atomic mass is 16.6. The number of rotatable bonds is 10. The number of fused-ring (bicyclic) bond motifs is 3. The second-order valence-corrected chi connectivity index (χ2v) is 13.5. The van der Waals surface area contributed by atoms with Gasteiger partial charge in [-0.15, -0.1) is 0 Å². The molecule has 0 N–H and O–H groups in total. The summed E-state index contributed by atoms with van der Waals surface area (Å²) in [5.74, 6) is 5.13. The van der Waals surface area contributed by atoms with E-state index in [2.05, 4.69) is 54.5 Å². The maximum atomic E-state index is 6.25. The summed E-state index contributed by atoms with van der Waals surface area (Å²) in [6, 6.07) is 0. The van der Waals surface area contributed by atoms with Crippen molar-refractivity contribution < 1.29 is 9.47 Å². The molecule has 0 aromatic rings. The van der Waals surface area contributed by atoms with Crippen molar-refractivity contribution in [1.29, 1.82) is 0 Å². The SMILES string of the molecule is CCC1C2CC=C3C[C@@H](OC[C@H]4CO4)CC[C@]3(C)C2CC[C@]1(C)[C@H](C)C(C)CCCC(C)C. The van der Waals surface area contributed by atoms with Gasteiger partial charge >= 0.3 is 0 Å². The average molecular weight is 459 g/mol. The zero-order chi connectivity index (χ0) is 23.8. The van der Waals surface area contributed by atoms with Crippen molar-refractivity contribution in [3.05, 3.63) is 11.6 Å². The van der Waals surface area contributed by atoms with Crippen LogP contribution in [0, 0.1) is 46.3 Å². The summed E-state index contributed by atoms with van der Waals surface area (Å²) in [6.07, 6.45) is 17.0. The Kier molecular flexibility index (Phi) is 8.06. The molecule has 3 fully saturated rings. The predicted octanol–water partition coefficient (Wildman–Crippen LogP) is 8.45. The molecule has 2 saturated carbocycles. The van der Waals surface area contributed by atoms with E-state index in [1.165, 1.54) is 64.2 Å². The summed E-state index contributed by atoms with van der Waals surface area (Å²) >= 11 is 0. The van der Waals surface area contributed by atoms with Crippen LogP contribution in [-0.4, -0.2) is 25.4 Å². The van der Waals surface area contributed by atoms with E-state index in [0.717, 1.165) is 48.7 Å². The lowest BCUT2D eigenvalue weighted by Crippen LogP contribution is -2.53. The fourth-order valence-electron chi connectivity index (χ4n) is 8.61. The van der Waals surface area contributed by atoms with Gasteiger partial charge in [0.05, 0.1) is 19.3 Å². The molecule has 4 unspecified atom stereocenters. The number of allylic oxidation sites excluding steroid dienone is 1. The first-order valence-electron chi connectivity index (χ1n) is 14.6. The van der Waals surface area contributed by atoms with Gasteiger partial charge in [-0.25, -0.2) is 0 Å². The standard InChI is InChI=1S/C31H54O2/c1-8-28-27-13-12-24-18-25(32-19-26-20-33-26)14-16-31(24,7)29(27)15-17-30(28,6)23(5)22(4)11-9-10-21(2)3/h12,21-23,25-29H,8-11,13-20H2,1-7H3/t22?,23-,25+,26+,27?,28?,29?,30-,31+/m1/s1. The minimum atomic E-state index is 0.388. The van der Waals surface area contributed by atoms with Gasteiger partial charge in [0.2, 0.25) is 0 Å². The van der Waals surface area contributed by atoms with E-state index in [-0.39, 0.29) is 0 Å². The van der Waals surface area contributed by atoms with Crippen molar-refractivity contribution in [1.82, 2.24) is 0 Å². The van der Waals surface area contributed by atoms with Gasteiger partial charge in [0.1, 0.15) is 6.10 Å². The van der Waals surface area contributed by atoms with Gasteiger partial charge in [-0.2, -0.15) is 0 Å². The van der Waals surface area contributed by atoms with Gasteiger partial charge in [0.25, 0.3) is 0 Å². The Morgan fingerprint density at radius 2 is 1.85 bits per heavy atom. The first-order chi connectivity index (χ1) is 15.7. The number of hydrogen-bond donors (Lipinski definition) is 0. The second-order valence-electron chi connectivity index (χ2n) is 13.5. The highest BCUT2D eigenvalue weighted by Crippen LogP contribution is 2.64. The fourth-order valence-corrected chi connectivity index (χ4v) is 8.61. The summed E-state index contributed by atoms with van der Waals surface area (Å²) < 4.78 is 11.6. The minimum Gasteiger partial charge on any atom is -0.375 e. The van der Waals surface area contributed by atoms with Crippen molar-refractivity contribution in [2.45, 2.75) is 125 Å². The molecule has 9 atom stereocenters. The van der Waals surface area contributed by atoms with Crippen LogP contribution in [0.1, 0.15) is 113 Å². The first kappa shape index (κ1) is 25.7. The molecule has 190 valence electrons. The summed E-state index contributed by atoms with van der Waals surface area (Å²) in [4.78, 5) is 0. The van der Waals surface area contributed by atoms with E-state index in [1.807, 2.05) is 0 Å². The van der Waals surface area contributed by atoms with Crippen LogP contribution >= 0.6 is 0 Å². The Balaban J connectivity index is 1.44. The van der Waals surface area contributed by atoms with Crippen molar-refractivity contribution >= 4 is 0 Å². The molecule has 3 aliphatic carbocycles. The van der Waals surface area contributed by atoms with Crippen molar-refractivity contribution in [3.8, 4) is 0 Å². The Hall–Kier alpha value is -0.340. The highest BCUT2D eigenvalue weighted by Gasteiger charge is 2.55. The summed E-state index contributed by atoms with van der Waals surface area (Å²) in [5, 5.41) is 0. The van der Waals surface area contributed by atoms with Gasteiger partial charge in [0.15, 0.2) is 0 Å². The Bertz CT molecular complexity index is 678. The fraction of sp³-hybridized carbons (Fsp3) is 0.935. The lowest BCUT2D eigenvalue weighted by Gasteiger charge is -2.60. The van der Waals surface area contributed by atoms with Gasteiger partial charge in [-0.1, -0.05) is 85.8 Å². The Morgan fingerprint density at radius 1 is 1.09 bits per heavy atom. The topological polar surface area (TPSA) is 21.8 Å². The maximum Gasteiger partial charge on any atom is 0.104 e. The van der Waals surface area contributed by atoms with E-state index < -0.39 is 0 Å². The van der Waals surface area contributed by atoms with Crippen LogP contribution in [0.3, 0.4) is 0 Å². The number of epoxide rings is 1. The zero-order valence-electron chi connectivity index (χ0n) is 23.0. The molecule has 1 heterocycles. The van der Waals surface area contributed by atoms with Gasteiger partial charge < -0.3 is 9.47 Å². The van der Waals surface area contributed by atoms with E-state index in [1.54, 1.807) is 5.57 Å². The van der Waals surface area contributed by atoms with E-state index in [0.29, 0.717) is 23.0 Å². The third-order valence-corrected chi connectivity index (χ3v) is 11.2. The van der Waals surface area contributed by atoms with Crippen LogP contribution in [0.4, 0.5) is 0 Å². The quantitative estimate of drug-likeness (QED) is 0.242. The molecule has 0 aromatic heterocycles. The Labute approximate surface area is 205 Å². The molecule has 1 aliphatic heterocycles. The van der Waals surface area contributed by atoms with E-state index in [4.69, 9.17) is 9.47 Å². The molecular weight excluding hydrogens is 404 g/mol. The molecule has 0 bridgehead atoms. The lowest BCUT2D eigenvalue weighted by molar-refractivity contribution is -0.0880. The summed E-state index contributed by atoms with van der Waals surface area (Å²) in [7, 11) is 0. The highest BCUT2D eigenvalue weighted by molar-refractivity contribution is 5.25. The van der Waals surface area contributed by atoms with Crippen LogP contribution < -0.4 is 0 Å². The number of hydrogen-bond acceptors (Lipinski definition) is 2. The zero-order valence-corrected chi connectivity index (χ0v) is 23.0. The minimum absolute atomic E-state index is 0.388. The summed E-state index contributed by atoms with van der Waals surface area (Å²) in [6.45, 7) is 19.4. The Morgan fingerprint density at radius 3 is 2.52 bits per heavy atom. The molecule has 4 rings (SSSR count). The van der Waals surface area contributed by atoms with Gasteiger partial charge in [-0.3, -0.25) is 0 Å². The van der Waals surface area contributed by atoms with Crippen LogP contribution in [0.25, 0.3) is 0 Å². The van der Waals surface area contributed by atoms with Gasteiger partial charge in [-0.05, 0) is 84.9 Å². The predicted molar refractivity (Wildman–Crippen MR) is 139 cm³/mol. The first-order valence-corrected chi connectivity index (χ1v) is 14.6. The van der Waals surface area contributed by atoms with Crippen molar-refractivity contribution in [2.24, 2.45) is 46.3 Å². The third-order valence-electron chi connectivity index (χ3n) is 11.2. The molecule has 1 saturated heterocycles. The monoisotopic (exact) mass is 458 g/mol. The average Bonchev–Trinajstić information content (AvgIpc) is 3.61. The molecule has 4 aliphatic rings. The smallest absolute Gasteiger partial charge is 0.104 e. The van der Waals surface area contributed by atoms with Crippen LogP contribution in [0.5, 0.6) is 0 Å². The van der Waals surface area contributed by atoms with Crippen LogP contribution in [0.15, 0.2) is 11.6 Å². The molecular formula is C31H54O2. The maximum absolute atomic E-state index is 6.25. The van der Waals surface area contributed by atoms with Crippen LogP contribution in [-0.2, 0) is 9.47 Å². The molecule has 2 heteroatoms. The third kappa shape index (κ3) is 5.28. The second kappa shape index (κ2) is 10.3. The van der Waals surface area contributed by atoms with Gasteiger partial charge in [0, 0.05) is 0 Å². The number of ether oxygens (including phenoxy) is 2. The molecule has 33 heavy (non-hydrogen) atoms. The molecule has 0 spiro atoms. The molecule has 0 aromatic carbocycles. The van der Waals surface area contributed by atoms with E-state index in [9.17, 15) is 0 Å². The normalized spacial score (nSPS) is 42.3. The molecule has 0 radical (unpaired) electrons. The van der Waals surface area contributed by atoms with Crippen molar-refractivity contribution in [2.75, 3.05) is 13.2 Å². The molecule has 2 nitrogen and oxygen atoms in total.